The van der Waals surface area contributed by atoms with Crippen LogP contribution in [0.3, 0.4) is 0 Å². The van der Waals surface area contributed by atoms with Gasteiger partial charge in [-0.2, -0.15) is 0 Å². The molecule has 0 unspecified atom stereocenters. The van der Waals surface area contributed by atoms with E-state index < -0.39 is 0 Å². The molecular formula is C13H16N4S. The second-order valence-electron chi connectivity index (χ2n) is 4.15. The highest BCUT2D eigenvalue weighted by molar-refractivity contribution is 7.99. The highest BCUT2D eigenvalue weighted by Crippen LogP contribution is 2.26. The van der Waals surface area contributed by atoms with Crippen molar-refractivity contribution in [1.29, 1.82) is 0 Å². The fourth-order valence-electron chi connectivity index (χ4n) is 1.40. The molecule has 0 aliphatic heterocycles. The Bertz CT molecular complexity index is 487. The zero-order valence-electron chi connectivity index (χ0n) is 10.5. The van der Waals surface area contributed by atoms with E-state index >= 15 is 0 Å². The monoisotopic (exact) mass is 260 g/mol. The van der Waals surface area contributed by atoms with Crippen LogP contribution in [-0.4, -0.2) is 21.0 Å². The van der Waals surface area contributed by atoms with Gasteiger partial charge in [-0.15, -0.1) is 0 Å². The molecule has 2 heterocycles. The van der Waals surface area contributed by atoms with Gasteiger partial charge in [-0.1, -0.05) is 19.9 Å². The average Bonchev–Trinajstić information content (AvgIpc) is 2.39. The zero-order valence-corrected chi connectivity index (χ0v) is 11.3. The standard InChI is InChI=1S/C13H16N4S/c1-10(2)17-8-11-4-3-5-16-13(11)18-12-9-14-6-7-15-12/h3-7,9-10,17H,8H2,1-2H3. The van der Waals surface area contributed by atoms with Crippen LogP contribution in [-0.2, 0) is 6.54 Å². The van der Waals surface area contributed by atoms with E-state index in [1.807, 2.05) is 6.07 Å². The molecule has 0 aliphatic carbocycles. The number of nitrogens with zero attached hydrogens (tertiary/aromatic N) is 3. The van der Waals surface area contributed by atoms with Crippen molar-refractivity contribution in [1.82, 2.24) is 20.3 Å². The Morgan fingerprint density at radius 3 is 2.83 bits per heavy atom. The normalized spacial score (nSPS) is 10.8. The molecule has 0 atom stereocenters. The summed E-state index contributed by atoms with van der Waals surface area (Å²) in [5, 5.41) is 5.24. The van der Waals surface area contributed by atoms with Crippen molar-refractivity contribution >= 4 is 11.8 Å². The lowest BCUT2D eigenvalue weighted by Crippen LogP contribution is -2.22. The summed E-state index contributed by atoms with van der Waals surface area (Å²) in [6, 6.07) is 4.50. The van der Waals surface area contributed by atoms with Crippen molar-refractivity contribution in [2.24, 2.45) is 0 Å². The molecule has 0 saturated heterocycles. The SMILES string of the molecule is CC(C)NCc1cccnc1Sc1cnccn1. The Kier molecular flexibility index (Phi) is 4.66. The Morgan fingerprint density at radius 1 is 1.22 bits per heavy atom. The molecule has 0 amide bonds. The van der Waals surface area contributed by atoms with E-state index in [1.165, 1.54) is 5.56 Å². The summed E-state index contributed by atoms with van der Waals surface area (Å²) in [4.78, 5) is 12.7. The average molecular weight is 260 g/mol. The third-order valence-electron chi connectivity index (χ3n) is 2.29. The molecule has 0 spiro atoms. The van der Waals surface area contributed by atoms with Crippen LogP contribution in [0.5, 0.6) is 0 Å². The van der Waals surface area contributed by atoms with Crippen LogP contribution >= 0.6 is 11.8 Å². The number of pyridine rings is 1. The zero-order chi connectivity index (χ0) is 12.8. The summed E-state index contributed by atoms with van der Waals surface area (Å²) >= 11 is 1.54. The van der Waals surface area contributed by atoms with E-state index in [4.69, 9.17) is 0 Å². The number of hydrogen-bond donors (Lipinski definition) is 1. The van der Waals surface area contributed by atoms with Gasteiger partial charge < -0.3 is 5.32 Å². The van der Waals surface area contributed by atoms with Crippen LogP contribution in [0.15, 0.2) is 47.0 Å². The third-order valence-corrected chi connectivity index (χ3v) is 3.27. The first-order valence-corrected chi connectivity index (χ1v) is 6.68. The number of hydrogen-bond acceptors (Lipinski definition) is 5. The minimum absolute atomic E-state index is 0.458. The predicted octanol–water partition coefficient (Wildman–Crippen LogP) is 2.52. The van der Waals surface area contributed by atoms with E-state index in [2.05, 4.69) is 40.2 Å². The van der Waals surface area contributed by atoms with Gasteiger partial charge >= 0.3 is 0 Å². The minimum Gasteiger partial charge on any atom is -0.310 e. The minimum atomic E-state index is 0.458. The summed E-state index contributed by atoms with van der Waals surface area (Å²) in [5.41, 5.74) is 1.18. The summed E-state index contributed by atoms with van der Waals surface area (Å²) in [6.07, 6.45) is 6.91. The lowest BCUT2D eigenvalue weighted by Gasteiger charge is -2.10. The van der Waals surface area contributed by atoms with Crippen LogP contribution in [0.2, 0.25) is 0 Å². The second-order valence-corrected chi connectivity index (χ2v) is 5.16. The molecule has 0 bridgehead atoms. The molecule has 2 aromatic heterocycles. The molecule has 5 heteroatoms. The van der Waals surface area contributed by atoms with Crippen LogP contribution in [0, 0.1) is 0 Å². The topological polar surface area (TPSA) is 50.7 Å². The summed E-state index contributed by atoms with van der Waals surface area (Å²) in [6.45, 7) is 5.08. The van der Waals surface area contributed by atoms with Crippen molar-refractivity contribution in [2.45, 2.75) is 36.5 Å². The Hall–Kier alpha value is -1.46. The van der Waals surface area contributed by atoms with Crippen molar-refractivity contribution in [2.75, 3.05) is 0 Å². The molecule has 2 aromatic rings. The van der Waals surface area contributed by atoms with Gasteiger partial charge in [-0.25, -0.2) is 9.97 Å². The van der Waals surface area contributed by atoms with Gasteiger partial charge in [0, 0.05) is 31.2 Å². The van der Waals surface area contributed by atoms with Gasteiger partial charge in [0.1, 0.15) is 10.1 Å². The first-order chi connectivity index (χ1) is 8.75. The lowest BCUT2D eigenvalue weighted by atomic mass is 10.2. The molecule has 18 heavy (non-hydrogen) atoms. The Balaban J connectivity index is 2.12. The van der Waals surface area contributed by atoms with E-state index in [-0.39, 0.29) is 0 Å². The quantitative estimate of drug-likeness (QED) is 0.895. The highest BCUT2D eigenvalue weighted by atomic mass is 32.2. The first kappa shape index (κ1) is 13.0. The second kappa shape index (κ2) is 6.47. The van der Waals surface area contributed by atoms with Crippen molar-refractivity contribution in [3.05, 3.63) is 42.5 Å². The maximum absolute atomic E-state index is 4.41. The molecular weight excluding hydrogens is 244 g/mol. The van der Waals surface area contributed by atoms with E-state index in [9.17, 15) is 0 Å². The van der Waals surface area contributed by atoms with Gasteiger partial charge in [-0.3, -0.25) is 4.98 Å². The number of rotatable bonds is 5. The van der Waals surface area contributed by atoms with Gasteiger partial charge in [0.25, 0.3) is 0 Å². The van der Waals surface area contributed by atoms with E-state index in [0.29, 0.717) is 6.04 Å². The van der Waals surface area contributed by atoms with Crippen LogP contribution in [0.1, 0.15) is 19.4 Å². The fraction of sp³-hybridized carbons (Fsp3) is 0.308. The van der Waals surface area contributed by atoms with Crippen LogP contribution < -0.4 is 5.32 Å². The number of nitrogens with one attached hydrogen (secondary N) is 1. The maximum Gasteiger partial charge on any atom is 0.121 e. The molecule has 2 rings (SSSR count). The lowest BCUT2D eigenvalue weighted by molar-refractivity contribution is 0.582. The smallest absolute Gasteiger partial charge is 0.121 e. The summed E-state index contributed by atoms with van der Waals surface area (Å²) in [7, 11) is 0. The Morgan fingerprint density at radius 2 is 2.11 bits per heavy atom. The highest BCUT2D eigenvalue weighted by Gasteiger charge is 2.06. The molecule has 1 N–H and O–H groups in total. The maximum atomic E-state index is 4.41. The fourth-order valence-corrected chi connectivity index (χ4v) is 2.21. The van der Waals surface area contributed by atoms with Crippen LogP contribution in [0.25, 0.3) is 0 Å². The van der Waals surface area contributed by atoms with Crippen molar-refractivity contribution < 1.29 is 0 Å². The van der Waals surface area contributed by atoms with Crippen molar-refractivity contribution in [3.63, 3.8) is 0 Å². The molecule has 94 valence electrons. The molecule has 0 radical (unpaired) electrons. The Labute approximate surface area is 111 Å². The molecule has 0 aromatic carbocycles. The van der Waals surface area contributed by atoms with Gasteiger partial charge in [0.15, 0.2) is 0 Å². The molecule has 0 fully saturated rings. The van der Waals surface area contributed by atoms with Crippen molar-refractivity contribution in [3.8, 4) is 0 Å². The van der Waals surface area contributed by atoms with Gasteiger partial charge in [0.2, 0.25) is 0 Å². The van der Waals surface area contributed by atoms with Crippen LogP contribution in [0.4, 0.5) is 0 Å². The summed E-state index contributed by atoms with van der Waals surface area (Å²) < 4.78 is 0. The number of aromatic nitrogens is 3. The predicted molar refractivity (Wildman–Crippen MR) is 72.4 cm³/mol. The van der Waals surface area contributed by atoms with E-state index in [1.54, 1.807) is 36.5 Å². The molecule has 0 saturated carbocycles. The first-order valence-electron chi connectivity index (χ1n) is 5.87. The van der Waals surface area contributed by atoms with E-state index in [0.717, 1.165) is 16.6 Å². The largest absolute Gasteiger partial charge is 0.310 e. The van der Waals surface area contributed by atoms with Gasteiger partial charge in [-0.05, 0) is 23.4 Å². The molecule has 4 nitrogen and oxygen atoms in total. The van der Waals surface area contributed by atoms with Gasteiger partial charge in [0.05, 0.1) is 6.20 Å². The summed E-state index contributed by atoms with van der Waals surface area (Å²) in [5.74, 6) is 0. The molecule has 0 aliphatic rings. The third kappa shape index (κ3) is 3.78.